The Kier molecular flexibility index (Phi) is 7.10. The van der Waals surface area contributed by atoms with Crippen molar-refractivity contribution < 1.29 is 28.2 Å². The van der Waals surface area contributed by atoms with Crippen molar-refractivity contribution in [2.45, 2.75) is 32.7 Å². The zero-order valence-corrected chi connectivity index (χ0v) is 19.5. The number of hydrogen-bond donors (Lipinski definition) is 0. The molecule has 0 saturated heterocycles. The number of hydrogen-bond acceptors (Lipinski definition) is 8. The molecule has 0 unspecified atom stereocenters. The van der Waals surface area contributed by atoms with Gasteiger partial charge in [0.2, 0.25) is 11.8 Å². The molecular formula is C25H27N3O6. The molecule has 4 rings (SSSR count). The summed E-state index contributed by atoms with van der Waals surface area (Å²) in [5.41, 5.74) is 4.05. The highest BCUT2D eigenvalue weighted by molar-refractivity contribution is 5.81. The van der Waals surface area contributed by atoms with Crippen molar-refractivity contribution in [3.05, 3.63) is 59.0 Å². The maximum atomic E-state index is 12.6. The van der Waals surface area contributed by atoms with Crippen LogP contribution in [0.4, 0.5) is 0 Å². The van der Waals surface area contributed by atoms with E-state index in [1.807, 2.05) is 43.3 Å². The minimum atomic E-state index is -0.493. The van der Waals surface area contributed by atoms with Crippen LogP contribution in [0.1, 0.15) is 29.0 Å². The summed E-state index contributed by atoms with van der Waals surface area (Å²) in [5.74, 6) is 1.30. The third kappa shape index (κ3) is 5.36. The number of aromatic nitrogens is 2. The molecule has 0 atom stereocenters. The molecule has 2 aromatic carbocycles. The van der Waals surface area contributed by atoms with Crippen LogP contribution in [-0.2, 0) is 33.7 Å². The number of carbonyl (C=O) groups is 2. The molecule has 0 spiro atoms. The monoisotopic (exact) mass is 465 g/mol. The Morgan fingerprint density at radius 2 is 1.74 bits per heavy atom. The van der Waals surface area contributed by atoms with Gasteiger partial charge in [0.05, 0.1) is 20.6 Å². The number of nitrogens with zero attached hydrogens (tertiary/aromatic N) is 3. The fraction of sp³-hybridized carbons (Fsp3) is 0.360. The van der Waals surface area contributed by atoms with Crippen LogP contribution >= 0.6 is 0 Å². The molecule has 0 aliphatic carbocycles. The van der Waals surface area contributed by atoms with E-state index in [-0.39, 0.29) is 25.4 Å². The second-order valence-electron chi connectivity index (χ2n) is 8.07. The minimum Gasteiger partial charge on any atom is -0.493 e. The van der Waals surface area contributed by atoms with Crippen LogP contribution in [0.3, 0.4) is 0 Å². The maximum absolute atomic E-state index is 12.6. The van der Waals surface area contributed by atoms with Gasteiger partial charge >= 0.3 is 5.97 Å². The largest absolute Gasteiger partial charge is 0.493 e. The first-order valence-corrected chi connectivity index (χ1v) is 11.0. The quantitative estimate of drug-likeness (QED) is 0.468. The summed E-state index contributed by atoms with van der Waals surface area (Å²) in [7, 11) is 3.17. The molecule has 0 fully saturated rings. The van der Waals surface area contributed by atoms with Crippen molar-refractivity contribution in [2.75, 3.05) is 27.4 Å². The van der Waals surface area contributed by atoms with Crippen LogP contribution in [0.25, 0.3) is 11.5 Å². The lowest BCUT2D eigenvalue weighted by Gasteiger charge is -2.29. The number of aryl methyl sites for hydroxylation is 2. The highest BCUT2D eigenvalue weighted by Crippen LogP contribution is 2.33. The molecule has 1 aliphatic heterocycles. The van der Waals surface area contributed by atoms with Crippen LogP contribution in [0.2, 0.25) is 0 Å². The van der Waals surface area contributed by atoms with Gasteiger partial charge in [-0.3, -0.25) is 9.59 Å². The van der Waals surface area contributed by atoms with E-state index in [1.165, 1.54) is 0 Å². The molecular weight excluding hydrogens is 438 g/mol. The zero-order chi connectivity index (χ0) is 24.1. The molecule has 1 aromatic heterocycles. The third-order valence-electron chi connectivity index (χ3n) is 5.74. The van der Waals surface area contributed by atoms with Gasteiger partial charge in [0.25, 0.3) is 5.91 Å². The van der Waals surface area contributed by atoms with Crippen LogP contribution in [0.15, 0.2) is 40.8 Å². The molecule has 1 amide bonds. The summed E-state index contributed by atoms with van der Waals surface area (Å²) in [6.07, 6.45) is 0.975. The van der Waals surface area contributed by atoms with Crippen molar-refractivity contribution in [2.24, 2.45) is 0 Å². The number of ether oxygens (including phenoxy) is 3. The van der Waals surface area contributed by atoms with Crippen LogP contribution in [0.5, 0.6) is 11.5 Å². The number of benzene rings is 2. The maximum Gasteiger partial charge on any atom is 0.306 e. The molecule has 3 aromatic rings. The lowest BCUT2D eigenvalue weighted by Crippen LogP contribution is -2.38. The van der Waals surface area contributed by atoms with Crippen molar-refractivity contribution in [1.29, 1.82) is 0 Å². The number of carbonyl (C=O) groups excluding carboxylic acids is 2. The SMILES string of the molecule is COc1cc2c(cc1OC)CN(C(=O)COC(=O)CCc1nnc(-c3ccc(C)cc3)o1)CC2. The second-order valence-corrected chi connectivity index (χ2v) is 8.07. The first-order valence-electron chi connectivity index (χ1n) is 11.0. The van der Waals surface area contributed by atoms with Gasteiger partial charge in [0.1, 0.15) is 0 Å². The van der Waals surface area contributed by atoms with Gasteiger partial charge in [-0.1, -0.05) is 17.7 Å². The molecule has 9 nitrogen and oxygen atoms in total. The lowest BCUT2D eigenvalue weighted by molar-refractivity contribution is -0.152. The Morgan fingerprint density at radius 1 is 1.03 bits per heavy atom. The third-order valence-corrected chi connectivity index (χ3v) is 5.74. The molecule has 178 valence electrons. The van der Waals surface area contributed by atoms with E-state index < -0.39 is 5.97 Å². The smallest absolute Gasteiger partial charge is 0.306 e. The summed E-state index contributed by atoms with van der Waals surface area (Å²) in [4.78, 5) is 26.4. The number of rotatable bonds is 8. The Hall–Kier alpha value is -3.88. The average Bonchev–Trinajstić information content (AvgIpc) is 3.34. The van der Waals surface area contributed by atoms with Gasteiger partial charge in [-0.2, -0.15) is 0 Å². The molecule has 0 bridgehead atoms. The zero-order valence-electron chi connectivity index (χ0n) is 19.5. The van der Waals surface area contributed by atoms with E-state index in [2.05, 4.69) is 10.2 Å². The predicted molar refractivity (Wildman–Crippen MR) is 122 cm³/mol. The number of amides is 1. The van der Waals surface area contributed by atoms with Crippen LogP contribution < -0.4 is 9.47 Å². The Bertz CT molecular complexity index is 1170. The summed E-state index contributed by atoms with van der Waals surface area (Å²) in [5, 5.41) is 8.01. The molecule has 34 heavy (non-hydrogen) atoms. The number of fused-ring (bicyclic) bond motifs is 1. The summed E-state index contributed by atoms with van der Waals surface area (Å²) >= 11 is 0. The van der Waals surface area contributed by atoms with Gasteiger partial charge in [-0.05, 0) is 48.7 Å². The van der Waals surface area contributed by atoms with Gasteiger partial charge in [0, 0.05) is 25.1 Å². The molecule has 0 saturated carbocycles. The number of methoxy groups -OCH3 is 2. The highest BCUT2D eigenvalue weighted by atomic mass is 16.5. The predicted octanol–water partition coefficient (Wildman–Crippen LogP) is 3.12. The Balaban J connectivity index is 1.25. The fourth-order valence-corrected chi connectivity index (χ4v) is 3.78. The second kappa shape index (κ2) is 10.4. The average molecular weight is 466 g/mol. The summed E-state index contributed by atoms with van der Waals surface area (Å²) < 4.78 is 21.5. The van der Waals surface area contributed by atoms with E-state index in [9.17, 15) is 9.59 Å². The fourth-order valence-electron chi connectivity index (χ4n) is 3.78. The van der Waals surface area contributed by atoms with Gasteiger partial charge in [-0.25, -0.2) is 0 Å². The van der Waals surface area contributed by atoms with E-state index in [1.54, 1.807) is 19.1 Å². The van der Waals surface area contributed by atoms with E-state index >= 15 is 0 Å². The summed E-state index contributed by atoms with van der Waals surface area (Å²) in [6.45, 7) is 2.66. The van der Waals surface area contributed by atoms with Crippen LogP contribution in [0, 0.1) is 6.92 Å². The first kappa shape index (κ1) is 23.3. The van der Waals surface area contributed by atoms with E-state index in [0.717, 1.165) is 22.3 Å². The number of esters is 1. The van der Waals surface area contributed by atoms with Gasteiger partial charge in [0.15, 0.2) is 18.1 Å². The molecule has 0 N–H and O–H groups in total. The Labute approximate surface area is 197 Å². The first-order chi connectivity index (χ1) is 16.5. The van der Waals surface area contributed by atoms with E-state index in [4.69, 9.17) is 18.6 Å². The van der Waals surface area contributed by atoms with Crippen molar-refractivity contribution in [3.63, 3.8) is 0 Å². The van der Waals surface area contributed by atoms with Crippen molar-refractivity contribution in [1.82, 2.24) is 15.1 Å². The Morgan fingerprint density at radius 3 is 2.44 bits per heavy atom. The normalized spacial score (nSPS) is 12.7. The van der Waals surface area contributed by atoms with Gasteiger partial charge in [-0.15, -0.1) is 10.2 Å². The van der Waals surface area contributed by atoms with Gasteiger partial charge < -0.3 is 23.5 Å². The minimum absolute atomic E-state index is 0.0443. The molecule has 0 radical (unpaired) electrons. The molecule has 1 aliphatic rings. The molecule has 9 heteroatoms. The van der Waals surface area contributed by atoms with E-state index in [0.29, 0.717) is 42.8 Å². The lowest BCUT2D eigenvalue weighted by atomic mass is 9.99. The molecule has 2 heterocycles. The van der Waals surface area contributed by atoms with Crippen molar-refractivity contribution in [3.8, 4) is 23.0 Å². The topological polar surface area (TPSA) is 104 Å². The summed E-state index contributed by atoms with van der Waals surface area (Å²) in [6, 6.07) is 11.5. The van der Waals surface area contributed by atoms with Crippen molar-refractivity contribution >= 4 is 11.9 Å². The highest BCUT2D eigenvalue weighted by Gasteiger charge is 2.23. The van der Waals surface area contributed by atoms with Crippen LogP contribution in [-0.4, -0.2) is 54.3 Å². The standard InChI is InChI=1S/C25H27N3O6/c1-16-4-6-17(7-5-16)25-27-26-22(34-25)8-9-24(30)33-15-23(29)28-11-10-18-12-20(31-2)21(32-3)13-19(18)14-28/h4-7,12-13H,8-11,14-15H2,1-3H3.